The molecule has 0 amide bonds. The molecule has 0 aromatic rings. The molecule has 1 heterocycles. The Balaban J connectivity index is 0.000000336. The molecule has 2 unspecified atom stereocenters. The molecule has 1 nitrogen and oxygen atoms in total. The van der Waals surface area contributed by atoms with Crippen molar-refractivity contribution < 1.29 is 0 Å². The van der Waals surface area contributed by atoms with E-state index < -0.39 is 0 Å². The molecule has 0 aromatic heterocycles. The van der Waals surface area contributed by atoms with Crippen LogP contribution in [0.3, 0.4) is 0 Å². The Morgan fingerprint density at radius 1 is 1.25 bits per heavy atom. The van der Waals surface area contributed by atoms with E-state index in [9.17, 15) is 0 Å². The van der Waals surface area contributed by atoms with Gasteiger partial charge in [0.05, 0.1) is 0 Å². The number of hydrogen-bond donors (Lipinski definition) is 0. The summed E-state index contributed by atoms with van der Waals surface area (Å²) in [4.78, 5) is 2.55. The lowest BCUT2D eigenvalue weighted by molar-refractivity contribution is 0.256. The van der Waals surface area contributed by atoms with Crippen LogP contribution < -0.4 is 0 Å². The summed E-state index contributed by atoms with van der Waals surface area (Å²) < 4.78 is 0. The van der Waals surface area contributed by atoms with E-state index in [2.05, 4.69) is 23.7 Å². The molecule has 2 fully saturated rings. The van der Waals surface area contributed by atoms with Gasteiger partial charge in [-0.1, -0.05) is 20.3 Å². The van der Waals surface area contributed by atoms with Gasteiger partial charge < -0.3 is 4.90 Å². The summed E-state index contributed by atoms with van der Waals surface area (Å²) in [7, 11) is 2.28. The van der Waals surface area contributed by atoms with Crippen molar-refractivity contribution in [3.63, 3.8) is 0 Å². The maximum absolute atomic E-state index is 2.55. The van der Waals surface area contributed by atoms with Gasteiger partial charge in [0.1, 0.15) is 0 Å². The number of fused-ring (bicyclic) bond motifs is 1. The average molecular weight is 187 g/mol. The highest BCUT2D eigenvalue weighted by Gasteiger charge is 2.33. The van der Waals surface area contributed by atoms with Crippen LogP contribution in [0, 0.1) is 0 Å². The first-order valence-electron chi connectivity index (χ1n) is 5.20. The largest absolute Gasteiger partial charge is 0.301 e. The first-order chi connectivity index (χ1) is 5.88. The van der Waals surface area contributed by atoms with Gasteiger partial charge in [-0.3, -0.25) is 0 Å². The topological polar surface area (TPSA) is 3.24 Å². The van der Waals surface area contributed by atoms with Crippen LogP contribution in [0.2, 0.25) is 0 Å². The Morgan fingerprint density at radius 3 is 2.67 bits per heavy atom. The fraction of sp³-hybridized carbons (Fsp3) is 1.00. The number of hydrogen-bond acceptors (Lipinski definition) is 2. The Labute approximate surface area is 80.9 Å². The zero-order chi connectivity index (χ0) is 8.97. The second kappa shape index (κ2) is 5.13. The first kappa shape index (κ1) is 10.4. The lowest BCUT2D eigenvalue weighted by Crippen LogP contribution is -2.41. The Kier molecular flexibility index (Phi) is 4.44. The summed E-state index contributed by atoms with van der Waals surface area (Å²) in [6.45, 7) is 5.31. The molecule has 1 aliphatic heterocycles. The van der Waals surface area contributed by atoms with E-state index in [0.717, 1.165) is 11.3 Å². The van der Waals surface area contributed by atoms with Gasteiger partial charge in [0.2, 0.25) is 0 Å². The molecule has 0 N–H and O–H groups in total. The van der Waals surface area contributed by atoms with Crippen molar-refractivity contribution in [2.75, 3.05) is 19.3 Å². The summed E-state index contributed by atoms with van der Waals surface area (Å²) in [5.41, 5.74) is 0. The molecule has 12 heavy (non-hydrogen) atoms. The lowest BCUT2D eigenvalue weighted by atomic mass is 10.2. The van der Waals surface area contributed by atoms with E-state index in [-0.39, 0.29) is 0 Å². The highest BCUT2D eigenvalue weighted by Crippen LogP contribution is 2.35. The molecule has 2 heteroatoms. The first-order valence-corrected chi connectivity index (χ1v) is 6.24. The third-order valence-electron chi connectivity index (χ3n) is 2.76. The summed E-state index contributed by atoms with van der Waals surface area (Å²) in [5, 5.41) is 0.985. The van der Waals surface area contributed by atoms with Gasteiger partial charge in [0, 0.05) is 23.6 Å². The fourth-order valence-electron chi connectivity index (χ4n) is 2.12. The quantitative estimate of drug-likeness (QED) is 0.573. The van der Waals surface area contributed by atoms with Crippen molar-refractivity contribution >= 4 is 11.8 Å². The highest BCUT2D eigenvalue weighted by atomic mass is 32.2. The number of nitrogens with zero attached hydrogens (tertiary/aromatic N) is 1. The molecule has 0 aromatic carbocycles. The Bertz CT molecular complexity index is 127. The minimum atomic E-state index is 0.929. The number of thioether (sulfide) groups is 1. The van der Waals surface area contributed by atoms with Crippen molar-refractivity contribution in [2.24, 2.45) is 0 Å². The van der Waals surface area contributed by atoms with Crippen molar-refractivity contribution in [3.05, 3.63) is 0 Å². The summed E-state index contributed by atoms with van der Waals surface area (Å²) in [6.07, 6.45) is 4.39. The van der Waals surface area contributed by atoms with E-state index >= 15 is 0 Å². The monoisotopic (exact) mass is 187 g/mol. The molecule has 0 spiro atoms. The molecule has 1 aliphatic carbocycles. The molecule has 2 rings (SSSR count). The normalized spacial score (nSPS) is 35.2. The van der Waals surface area contributed by atoms with Gasteiger partial charge in [0.25, 0.3) is 0 Å². The van der Waals surface area contributed by atoms with Crippen molar-refractivity contribution in [1.82, 2.24) is 4.90 Å². The van der Waals surface area contributed by atoms with E-state index in [1.54, 1.807) is 0 Å². The van der Waals surface area contributed by atoms with Crippen molar-refractivity contribution in [1.29, 1.82) is 0 Å². The van der Waals surface area contributed by atoms with Crippen LogP contribution in [0.5, 0.6) is 0 Å². The molecule has 0 radical (unpaired) electrons. The Morgan fingerprint density at radius 2 is 2.00 bits per heavy atom. The number of rotatable bonds is 0. The molecule has 1 saturated carbocycles. The smallest absolute Gasteiger partial charge is 0.0212 e. The van der Waals surface area contributed by atoms with Crippen LogP contribution in [-0.4, -0.2) is 35.5 Å². The predicted molar refractivity (Wildman–Crippen MR) is 57.9 cm³/mol. The Hall–Kier alpha value is 0.310. The van der Waals surface area contributed by atoms with E-state index in [1.165, 1.54) is 31.6 Å². The van der Waals surface area contributed by atoms with Crippen LogP contribution in [0.4, 0.5) is 0 Å². The summed E-state index contributed by atoms with van der Waals surface area (Å²) in [5.74, 6) is 1.36. The van der Waals surface area contributed by atoms with Crippen LogP contribution in [0.1, 0.15) is 33.1 Å². The maximum Gasteiger partial charge on any atom is 0.0212 e. The third-order valence-corrected chi connectivity index (χ3v) is 4.16. The molecule has 2 aliphatic rings. The SMILES string of the molecule is CC.CN1CCSC2CCCC21. The molecular weight excluding hydrogens is 166 g/mol. The highest BCUT2D eigenvalue weighted by molar-refractivity contribution is 8.00. The molecule has 72 valence electrons. The van der Waals surface area contributed by atoms with Crippen LogP contribution >= 0.6 is 11.8 Å². The average Bonchev–Trinajstić information content (AvgIpc) is 2.57. The maximum atomic E-state index is 2.55. The van der Waals surface area contributed by atoms with Crippen LogP contribution in [0.25, 0.3) is 0 Å². The zero-order valence-electron chi connectivity index (χ0n) is 8.55. The van der Waals surface area contributed by atoms with E-state index in [0.29, 0.717) is 0 Å². The fourth-order valence-corrected chi connectivity index (χ4v) is 3.71. The lowest BCUT2D eigenvalue weighted by Gasteiger charge is -2.34. The van der Waals surface area contributed by atoms with Crippen molar-refractivity contribution in [3.8, 4) is 0 Å². The second-order valence-electron chi connectivity index (χ2n) is 3.39. The van der Waals surface area contributed by atoms with Gasteiger partial charge in [-0.15, -0.1) is 0 Å². The third kappa shape index (κ3) is 2.17. The van der Waals surface area contributed by atoms with Crippen molar-refractivity contribution in [2.45, 2.75) is 44.4 Å². The molecular formula is C10H21NS. The molecule has 1 saturated heterocycles. The van der Waals surface area contributed by atoms with Crippen LogP contribution in [0.15, 0.2) is 0 Å². The van der Waals surface area contributed by atoms with Gasteiger partial charge in [-0.25, -0.2) is 0 Å². The van der Waals surface area contributed by atoms with Gasteiger partial charge in [0.15, 0.2) is 0 Å². The predicted octanol–water partition coefficient (Wildman–Crippen LogP) is 2.61. The van der Waals surface area contributed by atoms with Gasteiger partial charge in [-0.05, 0) is 19.9 Å². The van der Waals surface area contributed by atoms with E-state index in [4.69, 9.17) is 0 Å². The second-order valence-corrected chi connectivity index (χ2v) is 4.74. The molecule has 2 atom stereocenters. The van der Waals surface area contributed by atoms with Gasteiger partial charge >= 0.3 is 0 Å². The minimum Gasteiger partial charge on any atom is -0.301 e. The van der Waals surface area contributed by atoms with Gasteiger partial charge in [-0.2, -0.15) is 11.8 Å². The standard InChI is InChI=1S/C8H15NS.C2H6/c1-9-5-6-10-8-4-2-3-7(8)9;1-2/h7-8H,2-6H2,1H3;1-2H3. The zero-order valence-corrected chi connectivity index (χ0v) is 9.36. The molecule has 0 bridgehead atoms. The van der Waals surface area contributed by atoms with Crippen LogP contribution in [-0.2, 0) is 0 Å². The van der Waals surface area contributed by atoms with E-state index in [1.807, 2.05) is 13.8 Å². The summed E-state index contributed by atoms with van der Waals surface area (Å²) in [6, 6.07) is 0.929. The minimum absolute atomic E-state index is 0.929. The summed E-state index contributed by atoms with van der Waals surface area (Å²) >= 11 is 2.20.